The van der Waals surface area contributed by atoms with E-state index in [4.69, 9.17) is 0 Å². The van der Waals surface area contributed by atoms with E-state index in [2.05, 4.69) is 0 Å². The second kappa shape index (κ2) is 7.60. The van der Waals surface area contributed by atoms with E-state index in [9.17, 15) is 14.0 Å². The molecule has 5 heteroatoms. The minimum absolute atomic E-state index is 0.0550. The lowest BCUT2D eigenvalue weighted by Crippen LogP contribution is -2.43. The summed E-state index contributed by atoms with van der Waals surface area (Å²) in [6.45, 7) is 2.98. The number of nitrogens with zero attached hydrogens (tertiary/aromatic N) is 2. The number of benzene rings is 1. The van der Waals surface area contributed by atoms with Crippen LogP contribution < -0.4 is 0 Å². The molecule has 2 fully saturated rings. The highest BCUT2D eigenvalue weighted by Gasteiger charge is 2.30. The van der Waals surface area contributed by atoms with E-state index in [1.165, 1.54) is 18.2 Å². The third-order valence-electron chi connectivity index (χ3n) is 4.84. The maximum absolute atomic E-state index is 13.1. The molecule has 0 aromatic heterocycles. The predicted molar refractivity (Wildman–Crippen MR) is 90.6 cm³/mol. The van der Waals surface area contributed by atoms with Gasteiger partial charge in [0.25, 0.3) is 0 Å². The van der Waals surface area contributed by atoms with E-state index in [0.29, 0.717) is 18.7 Å². The van der Waals surface area contributed by atoms with Gasteiger partial charge in [0.1, 0.15) is 5.82 Å². The molecule has 0 unspecified atom stereocenters. The summed E-state index contributed by atoms with van der Waals surface area (Å²) in [7, 11) is 0. The molecule has 0 N–H and O–H groups in total. The van der Waals surface area contributed by atoms with Crippen molar-refractivity contribution >= 4 is 17.9 Å². The summed E-state index contributed by atoms with van der Waals surface area (Å²) < 4.78 is 13.1. The molecule has 2 amide bonds. The highest BCUT2D eigenvalue weighted by atomic mass is 19.1. The van der Waals surface area contributed by atoms with Crippen molar-refractivity contribution in [1.82, 2.24) is 9.80 Å². The fourth-order valence-electron chi connectivity index (χ4n) is 3.43. The first-order chi connectivity index (χ1) is 11.6. The summed E-state index contributed by atoms with van der Waals surface area (Å²) in [6.07, 6.45) is 6.79. The first-order valence-electron chi connectivity index (χ1n) is 8.65. The second-order valence-electron chi connectivity index (χ2n) is 6.52. The summed E-state index contributed by atoms with van der Waals surface area (Å²) in [5.41, 5.74) is 0.669. The Morgan fingerprint density at radius 2 is 1.75 bits per heavy atom. The third-order valence-corrected chi connectivity index (χ3v) is 4.84. The largest absolute Gasteiger partial charge is 0.342 e. The van der Waals surface area contributed by atoms with Gasteiger partial charge in [0.15, 0.2) is 0 Å². The molecule has 0 saturated carbocycles. The van der Waals surface area contributed by atoms with Crippen molar-refractivity contribution in [2.45, 2.75) is 25.7 Å². The standard InChI is InChI=1S/C19H23FN2O2/c20-17-5-3-4-15(14-17)6-7-18(23)21-12-8-16(9-13-21)19(24)22-10-1-2-11-22/h3-7,14,16H,1-2,8-13H2/b7-6+. The lowest BCUT2D eigenvalue weighted by atomic mass is 9.95. The van der Waals surface area contributed by atoms with Crippen molar-refractivity contribution in [3.8, 4) is 0 Å². The number of halogens is 1. The van der Waals surface area contributed by atoms with E-state index in [1.54, 1.807) is 23.1 Å². The number of carbonyl (C=O) groups is 2. The number of amides is 2. The van der Waals surface area contributed by atoms with Crippen molar-refractivity contribution in [2.24, 2.45) is 5.92 Å². The van der Waals surface area contributed by atoms with Gasteiger partial charge in [0.05, 0.1) is 0 Å². The summed E-state index contributed by atoms with van der Waals surface area (Å²) in [5.74, 6) is -0.0774. The lowest BCUT2D eigenvalue weighted by Gasteiger charge is -2.32. The quantitative estimate of drug-likeness (QED) is 0.800. The van der Waals surface area contributed by atoms with Gasteiger partial charge in [-0.3, -0.25) is 9.59 Å². The highest BCUT2D eigenvalue weighted by Crippen LogP contribution is 2.22. The van der Waals surface area contributed by atoms with Crippen LogP contribution in [0.25, 0.3) is 6.08 Å². The van der Waals surface area contributed by atoms with Crippen LogP contribution in [0.4, 0.5) is 4.39 Å². The van der Waals surface area contributed by atoms with Crippen molar-refractivity contribution in [1.29, 1.82) is 0 Å². The topological polar surface area (TPSA) is 40.6 Å². The second-order valence-corrected chi connectivity index (χ2v) is 6.52. The van der Waals surface area contributed by atoms with Crippen LogP contribution in [-0.2, 0) is 9.59 Å². The Bertz CT molecular complexity index is 630. The van der Waals surface area contributed by atoms with Crippen LogP contribution in [0.15, 0.2) is 30.3 Å². The van der Waals surface area contributed by atoms with Gasteiger partial charge in [0.2, 0.25) is 11.8 Å². The number of carbonyl (C=O) groups excluding carboxylic acids is 2. The number of likely N-dealkylation sites (tertiary alicyclic amines) is 2. The number of hydrogen-bond acceptors (Lipinski definition) is 2. The normalized spacial score (nSPS) is 19.2. The van der Waals surface area contributed by atoms with Crippen molar-refractivity contribution in [3.05, 3.63) is 41.7 Å². The van der Waals surface area contributed by atoms with Gasteiger partial charge < -0.3 is 9.80 Å². The van der Waals surface area contributed by atoms with E-state index >= 15 is 0 Å². The van der Waals surface area contributed by atoms with Gasteiger partial charge in [-0.15, -0.1) is 0 Å². The zero-order valence-electron chi connectivity index (χ0n) is 13.8. The Hall–Kier alpha value is -2.17. The Kier molecular flexibility index (Phi) is 5.28. The van der Waals surface area contributed by atoms with Gasteiger partial charge in [-0.2, -0.15) is 0 Å². The monoisotopic (exact) mass is 330 g/mol. The Balaban J connectivity index is 1.50. The molecule has 128 valence electrons. The van der Waals surface area contributed by atoms with E-state index in [0.717, 1.165) is 38.8 Å². The summed E-state index contributed by atoms with van der Waals surface area (Å²) >= 11 is 0. The molecule has 24 heavy (non-hydrogen) atoms. The summed E-state index contributed by atoms with van der Waals surface area (Å²) in [5, 5.41) is 0. The highest BCUT2D eigenvalue weighted by molar-refractivity contribution is 5.92. The zero-order valence-corrected chi connectivity index (χ0v) is 13.8. The number of piperidine rings is 1. The zero-order chi connectivity index (χ0) is 16.9. The predicted octanol–water partition coefficient (Wildman–Crippen LogP) is 2.70. The van der Waals surface area contributed by atoms with Crippen LogP contribution in [0.3, 0.4) is 0 Å². The smallest absolute Gasteiger partial charge is 0.246 e. The van der Waals surface area contributed by atoms with Crippen LogP contribution >= 0.6 is 0 Å². The molecule has 2 saturated heterocycles. The van der Waals surface area contributed by atoms with Crippen LogP contribution in [0, 0.1) is 11.7 Å². The Morgan fingerprint density at radius 3 is 2.42 bits per heavy atom. The van der Waals surface area contributed by atoms with E-state index in [-0.39, 0.29) is 23.5 Å². The third kappa shape index (κ3) is 4.02. The van der Waals surface area contributed by atoms with Crippen LogP contribution in [0.5, 0.6) is 0 Å². The summed E-state index contributed by atoms with van der Waals surface area (Å²) in [6, 6.07) is 6.15. The average Bonchev–Trinajstić information content (AvgIpc) is 3.14. The molecule has 3 rings (SSSR count). The Morgan fingerprint density at radius 1 is 1.04 bits per heavy atom. The maximum Gasteiger partial charge on any atom is 0.246 e. The van der Waals surface area contributed by atoms with Gasteiger partial charge >= 0.3 is 0 Å². The number of hydrogen-bond donors (Lipinski definition) is 0. The molecule has 2 aliphatic rings. The Labute approximate surface area is 141 Å². The molecule has 1 aromatic carbocycles. The molecule has 4 nitrogen and oxygen atoms in total. The molecule has 0 spiro atoms. The van der Waals surface area contributed by atoms with E-state index in [1.807, 2.05) is 4.90 Å². The average molecular weight is 330 g/mol. The minimum Gasteiger partial charge on any atom is -0.342 e. The fraction of sp³-hybridized carbons (Fsp3) is 0.474. The molecular weight excluding hydrogens is 307 g/mol. The molecule has 0 radical (unpaired) electrons. The van der Waals surface area contributed by atoms with Gasteiger partial charge in [0, 0.05) is 38.2 Å². The molecular formula is C19H23FN2O2. The van der Waals surface area contributed by atoms with Gasteiger partial charge in [-0.1, -0.05) is 12.1 Å². The van der Waals surface area contributed by atoms with Crippen molar-refractivity contribution in [2.75, 3.05) is 26.2 Å². The number of rotatable bonds is 3. The first-order valence-corrected chi connectivity index (χ1v) is 8.65. The fourth-order valence-corrected chi connectivity index (χ4v) is 3.43. The molecule has 0 bridgehead atoms. The van der Waals surface area contributed by atoms with Gasteiger partial charge in [-0.05, 0) is 49.5 Å². The SMILES string of the molecule is O=C(/C=C/c1cccc(F)c1)N1CCC(C(=O)N2CCCC2)CC1. The minimum atomic E-state index is -0.314. The van der Waals surface area contributed by atoms with Gasteiger partial charge in [-0.25, -0.2) is 4.39 Å². The van der Waals surface area contributed by atoms with Crippen LogP contribution in [0.2, 0.25) is 0 Å². The molecule has 1 aromatic rings. The van der Waals surface area contributed by atoms with Crippen LogP contribution in [0.1, 0.15) is 31.2 Å². The molecule has 2 heterocycles. The van der Waals surface area contributed by atoms with Crippen molar-refractivity contribution < 1.29 is 14.0 Å². The lowest BCUT2D eigenvalue weighted by molar-refractivity contribution is -0.138. The molecule has 2 aliphatic heterocycles. The molecule has 0 atom stereocenters. The first kappa shape index (κ1) is 16.7. The van der Waals surface area contributed by atoms with E-state index < -0.39 is 0 Å². The van der Waals surface area contributed by atoms with Crippen molar-refractivity contribution in [3.63, 3.8) is 0 Å². The molecule has 0 aliphatic carbocycles. The maximum atomic E-state index is 13.1. The summed E-state index contributed by atoms with van der Waals surface area (Å²) in [4.78, 5) is 28.4. The van der Waals surface area contributed by atoms with Crippen LogP contribution in [-0.4, -0.2) is 47.8 Å².